The molecule has 0 aromatic carbocycles. The molecule has 0 spiro atoms. The molecule has 0 aromatic heterocycles. The number of likely N-dealkylation sites (tertiary alicyclic amines) is 1. The van der Waals surface area contributed by atoms with E-state index in [0.29, 0.717) is 0 Å². The van der Waals surface area contributed by atoms with Crippen molar-refractivity contribution in [3.8, 4) is 0 Å². The predicted octanol–water partition coefficient (Wildman–Crippen LogP) is 3.64. The first-order valence-corrected chi connectivity index (χ1v) is 6.77. The molecule has 102 valence electrons. The summed E-state index contributed by atoms with van der Waals surface area (Å²) < 4.78 is 0. The van der Waals surface area contributed by atoms with Crippen molar-refractivity contribution < 1.29 is 0 Å². The van der Waals surface area contributed by atoms with E-state index in [-0.39, 0.29) is 0 Å². The Hall–Kier alpha value is -1.28. The molecular weight excluding hydrogens is 220 g/mol. The largest absolute Gasteiger partial charge is 0.405 e. The summed E-state index contributed by atoms with van der Waals surface area (Å²) in [5.74, 6) is 0. The molecule has 0 aliphatic carbocycles. The van der Waals surface area contributed by atoms with E-state index < -0.39 is 0 Å². The summed E-state index contributed by atoms with van der Waals surface area (Å²) in [4.78, 5) is 2.58. The van der Waals surface area contributed by atoms with E-state index in [1.54, 1.807) is 0 Å². The fraction of sp³-hybridized carbons (Fsp3) is 0.500. The van der Waals surface area contributed by atoms with Crippen molar-refractivity contribution >= 4 is 0 Å². The van der Waals surface area contributed by atoms with Crippen LogP contribution in [0.3, 0.4) is 0 Å². The molecule has 1 heterocycles. The average Bonchev–Trinajstić information content (AvgIpc) is 2.40. The van der Waals surface area contributed by atoms with E-state index in [4.69, 9.17) is 0 Å². The second kappa shape index (κ2) is 12.2. The molecule has 2 heteroatoms. The Morgan fingerprint density at radius 2 is 1.72 bits per heavy atom. The average molecular weight is 248 g/mol. The molecule has 1 saturated heterocycles. The van der Waals surface area contributed by atoms with E-state index in [9.17, 15) is 0 Å². The van der Waals surface area contributed by atoms with Crippen molar-refractivity contribution in [1.29, 1.82) is 0 Å². The summed E-state index contributed by atoms with van der Waals surface area (Å²) in [6.07, 6.45) is 13.7. The molecule has 18 heavy (non-hydrogen) atoms. The van der Waals surface area contributed by atoms with E-state index in [0.717, 1.165) is 6.42 Å². The summed E-state index contributed by atoms with van der Waals surface area (Å²) in [6.45, 7) is 14.5. The third-order valence-electron chi connectivity index (χ3n) is 2.98. The summed E-state index contributed by atoms with van der Waals surface area (Å²) in [5.41, 5.74) is 5.92. The number of allylic oxidation sites excluding steroid dienone is 4. The lowest BCUT2D eigenvalue weighted by molar-refractivity contribution is 0.226. The molecule has 0 atom stereocenters. The van der Waals surface area contributed by atoms with Crippen LogP contribution in [0.5, 0.6) is 0 Å². The lowest BCUT2D eigenvalue weighted by Gasteiger charge is -2.26. The predicted molar refractivity (Wildman–Crippen MR) is 82.4 cm³/mol. The minimum absolute atomic E-state index is 1.13. The zero-order chi connectivity index (χ0) is 13.6. The number of nitrogens with zero attached hydrogens (tertiary/aromatic N) is 1. The van der Waals surface area contributed by atoms with Gasteiger partial charge >= 0.3 is 0 Å². The summed E-state index contributed by atoms with van der Waals surface area (Å²) in [6, 6.07) is 0. The second-order valence-electron chi connectivity index (χ2n) is 4.42. The van der Waals surface area contributed by atoms with Crippen LogP contribution in [0.15, 0.2) is 49.7 Å². The summed E-state index contributed by atoms with van der Waals surface area (Å²) >= 11 is 0. The Bertz CT molecular complexity index is 260. The Labute approximate surface area is 113 Å². The minimum atomic E-state index is 1.13. The molecule has 0 bridgehead atoms. The zero-order valence-corrected chi connectivity index (χ0v) is 11.6. The van der Waals surface area contributed by atoms with Gasteiger partial charge in [0, 0.05) is 0 Å². The lowest BCUT2D eigenvalue weighted by atomic mass is 10.1. The van der Waals surface area contributed by atoms with Crippen LogP contribution in [-0.2, 0) is 0 Å². The lowest BCUT2D eigenvalue weighted by Crippen LogP contribution is -2.30. The van der Waals surface area contributed by atoms with Crippen LogP contribution in [0.25, 0.3) is 0 Å². The summed E-state index contributed by atoms with van der Waals surface area (Å²) in [7, 11) is 0. The van der Waals surface area contributed by atoms with Crippen molar-refractivity contribution in [2.45, 2.75) is 32.1 Å². The highest BCUT2D eigenvalue weighted by atomic mass is 15.1. The van der Waals surface area contributed by atoms with Crippen LogP contribution in [0.2, 0.25) is 0 Å². The van der Waals surface area contributed by atoms with E-state index in [2.05, 4.69) is 36.4 Å². The van der Waals surface area contributed by atoms with Gasteiger partial charge in [0.05, 0.1) is 0 Å². The quantitative estimate of drug-likeness (QED) is 0.727. The molecule has 0 unspecified atom stereocenters. The smallest absolute Gasteiger partial charge is 0.00156 e. The highest BCUT2D eigenvalue weighted by molar-refractivity contribution is 5.20. The Balaban J connectivity index is 0.000000873. The SMILES string of the molecule is C=C/C=C(\C=C)CCCN1CCCCC1.C=CN. The third kappa shape index (κ3) is 8.82. The fourth-order valence-electron chi connectivity index (χ4n) is 2.09. The van der Waals surface area contributed by atoms with Crippen LogP contribution in [0.4, 0.5) is 0 Å². The van der Waals surface area contributed by atoms with Gasteiger partial charge in [-0.2, -0.15) is 0 Å². The molecule has 0 saturated carbocycles. The number of piperidine rings is 1. The third-order valence-corrected chi connectivity index (χ3v) is 2.98. The first-order chi connectivity index (χ1) is 8.78. The Kier molecular flexibility index (Phi) is 11.3. The molecule has 1 aliphatic rings. The van der Waals surface area contributed by atoms with Gasteiger partial charge < -0.3 is 10.6 Å². The van der Waals surface area contributed by atoms with Crippen LogP contribution >= 0.6 is 0 Å². The van der Waals surface area contributed by atoms with Gasteiger partial charge in [0.1, 0.15) is 0 Å². The van der Waals surface area contributed by atoms with Gasteiger partial charge in [-0.25, -0.2) is 0 Å². The standard InChI is InChI=1S/C14H23N.C2H5N/c1-3-9-14(4-2)10-8-13-15-11-6-5-7-12-15;1-2-3/h3-4,9H,1-2,5-8,10-13H2;2H,1,3H2/b14-9+;. The van der Waals surface area contributed by atoms with E-state index >= 15 is 0 Å². The molecule has 1 aliphatic heterocycles. The number of hydrogen-bond acceptors (Lipinski definition) is 2. The summed E-state index contributed by atoms with van der Waals surface area (Å²) in [5, 5.41) is 0. The second-order valence-corrected chi connectivity index (χ2v) is 4.42. The van der Waals surface area contributed by atoms with Gasteiger partial charge in [-0.05, 0) is 57.1 Å². The van der Waals surface area contributed by atoms with Crippen molar-refractivity contribution in [1.82, 2.24) is 4.90 Å². The van der Waals surface area contributed by atoms with Crippen LogP contribution < -0.4 is 5.73 Å². The van der Waals surface area contributed by atoms with Gasteiger partial charge in [-0.1, -0.05) is 44.4 Å². The molecule has 0 amide bonds. The van der Waals surface area contributed by atoms with Crippen molar-refractivity contribution in [2.24, 2.45) is 5.73 Å². The normalized spacial score (nSPS) is 16.3. The van der Waals surface area contributed by atoms with E-state index in [1.165, 1.54) is 57.1 Å². The van der Waals surface area contributed by atoms with Crippen molar-refractivity contribution in [2.75, 3.05) is 19.6 Å². The van der Waals surface area contributed by atoms with Gasteiger partial charge in [-0.15, -0.1) is 0 Å². The molecule has 0 radical (unpaired) electrons. The highest BCUT2D eigenvalue weighted by Crippen LogP contribution is 2.12. The molecule has 0 aromatic rings. The first kappa shape index (κ1) is 16.7. The van der Waals surface area contributed by atoms with Crippen LogP contribution in [-0.4, -0.2) is 24.5 Å². The number of hydrogen-bond donors (Lipinski definition) is 1. The van der Waals surface area contributed by atoms with Crippen molar-refractivity contribution in [3.05, 3.63) is 49.7 Å². The maximum Gasteiger partial charge on any atom is -0.00156 e. The van der Waals surface area contributed by atoms with Gasteiger partial charge in [0.15, 0.2) is 0 Å². The molecule has 2 nitrogen and oxygen atoms in total. The zero-order valence-electron chi connectivity index (χ0n) is 11.6. The Morgan fingerprint density at radius 3 is 2.22 bits per heavy atom. The van der Waals surface area contributed by atoms with E-state index in [1.807, 2.05) is 12.2 Å². The molecule has 1 fully saturated rings. The van der Waals surface area contributed by atoms with Crippen molar-refractivity contribution in [3.63, 3.8) is 0 Å². The maximum absolute atomic E-state index is 4.61. The first-order valence-electron chi connectivity index (χ1n) is 6.77. The number of nitrogens with two attached hydrogens (primary N) is 1. The monoisotopic (exact) mass is 248 g/mol. The van der Waals surface area contributed by atoms with Gasteiger partial charge in [0.2, 0.25) is 0 Å². The fourth-order valence-corrected chi connectivity index (χ4v) is 2.09. The highest BCUT2D eigenvalue weighted by Gasteiger charge is 2.08. The molecule has 2 N–H and O–H groups in total. The maximum atomic E-state index is 4.61. The molecular formula is C16H28N2. The van der Waals surface area contributed by atoms with Gasteiger partial charge in [0.25, 0.3) is 0 Å². The Morgan fingerprint density at radius 1 is 1.11 bits per heavy atom. The van der Waals surface area contributed by atoms with Gasteiger partial charge in [-0.3, -0.25) is 0 Å². The topological polar surface area (TPSA) is 29.3 Å². The number of rotatable bonds is 6. The van der Waals surface area contributed by atoms with Crippen LogP contribution in [0, 0.1) is 0 Å². The van der Waals surface area contributed by atoms with Crippen LogP contribution in [0.1, 0.15) is 32.1 Å². The minimum Gasteiger partial charge on any atom is -0.405 e. The molecule has 1 rings (SSSR count).